The number of halogens is 1. The number of hydrogen-bond acceptors (Lipinski definition) is 5. The molecule has 2 aromatic heterocycles. The van der Waals surface area contributed by atoms with Crippen molar-refractivity contribution in [3.8, 4) is 10.4 Å². The Balaban J connectivity index is 1.36. The lowest BCUT2D eigenvalue weighted by Gasteiger charge is -2.34. The first-order valence-corrected chi connectivity index (χ1v) is 9.86. The zero-order valence-electron chi connectivity index (χ0n) is 15.2. The molecule has 0 saturated carbocycles. The first-order valence-electron chi connectivity index (χ1n) is 9.04. The Hall–Kier alpha value is -3.06. The van der Waals surface area contributed by atoms with Crippen LogP contribution in [0.4, 0.5) is 10.3 Å². The average molecular weight is 394 g/mol. The number of rotatable bonds is 4. The molecule has 0 bridgehead atoms. The molecule has 0 unspecified atom stereocenters. The molecular weight excluding hydrogens is 375 g/mol. The largest absolute Gasteiger partial charge is 0.337 e. The van der Waals surface area contributed by atoms with E-state index in [4.69, 9.17) is 0 Å². The summed E-state index contributed by atoms with van der Waals surface area (Å²) < 4.78 is 13.9. The first-order chi connectivity index (χ1) is 13.7. The Morgan fingerprint density at radius 1 is 1.00 bits per heavy atom. The molecule has 1 aromatic carbocycles. The fraction of sp³-hybridized carbons (Fsp3) is 0.190. The van der Waals surface area contributed by atoms with Crippen molar-refractivity contribution in [1.82, 2.24) is 14.9 Å². The minimum atomic E-state index is -0.240. The van der Waals surface area contributed by atoms with Crippen LogP contribution in [-0.2, 0) is 4.79 Å². The van der Waals surface area contributed by atoms with E-state index < -0.39 is 0 Å². The predicted molar refractivity (Wildman–Crippen MR) is 110 cm³/mol. The van der Waals surface area contributed by atoms with Gasteiger partial charge in [-0.3, -0.25) is 4.79 Å². The summed E-state index contributed by atoms with van der Waals surface area (Å²) in [4.78, 5) is 26.7. The van der Waals surface area contributed by atoms with E-state index in [9.17, 15) is 9.18 Å². The number of anilines is 1. The van der Waals surface area contributed by atoms with E-state index in [1.54, 1.807) is 42.7 Å². The topological polar surface area (TPSA) is 49.3 Å². The fourth-order valence-corrected chi connectivity index (χ4v) is 4.03. The Kier molecular flexibility index (Phi) is 5.43. The van der Waals surface area contributed by atoms with Crippen molar-refractivity contribution in [1.29, 1.82) is 0 Å². The van der Waals surface area contributed by atoms with Gasteiger partial charge in [-0.1, -0.05) is 18.2 Å². The van der Waals surface area contributed by atoms with Crippen molar-refractivity contribution in [2.24, 2.45) is 0 Å². The van der Waals surface area contributed by atoms with E-state index in [0.29, 0.717) is 37.7 Å². The molecule has 0 radical (unpaired) electrons. The van der Waals surface area contributed by atoms with Crippen molar-refractivity contribution in [3.63, 3.8) is 0 Å². The third kappa shape index (κ3) is 4.09. The Morgan fingerprint density at radius 2 is 1.75 bits per heavy atom. The molecule has 1 saturated heterocycles. The molecule has 5 nitrogen and oxygen atoms in total. The number of carbonyl (C=O) groups excluding carboxylic acids is 1. The minimum Gasteiger partial charge on any atom is -0.337 e. The van der Waals surface area contributed by atoms with Crippen molar-refractivity contribution >= 4 is 29.3 Å². The average Bonchev–Trinajstić information content (AvgIpc) is 3.22. The van der Waals surface area contributed by atoms with Gasteiger partial charge in [0.1, 0.15) is 5.82 Å². The van der Waals surface area contributed by atoms with Gasteiger partial charge in [-0.25, -0.2) is 14.4 Å². The van der Waals surface area contributed by atoms with Gasteiger partial charge in [-0.15, -0.1) is 11.3 Å². The summed E-state index contributed by atoms with van der Waals surface area (Å²) in [6.45, 7) is 2.68. The highest BCUT2D eigenvalue weighted by Gasteiger charge is 2.21. The van der Waals surface area contributed by atoms with Crippen molar-refractivity contribution in [3.05, 3.63) is 71.6 Å². The molecule has 142 valence electrons. The summed E-state index contributed by atoms with van der Waals surface area (Å²) in [6.07, 6.45) is 6.83. The van der Waals surface area contributed by atoms with E-state index in [0.717, 1.165) is 9.75 Å². The molecule has 3 aromatic rings. The quantitative estimate of drug-likeness (QED) is 0.633. The zero-order chi connectivity index (χ0) is 19.3. The van der Waals surface area contributed by atoms with Crippen LogP contribution in [0.3, 0.4) is 0 Å². The van der Waals surface area contributed by atoms with E-state index >= 15 is 0 Å². The Bertz CT molecular complexity index is 981. The maximum atomic E-state index is 13.9. The van der Waals surface area contributed by atoms with Crippen LogP contribution in [0.25, 0.3) is 16.5 Å². The van der Waals surface area contributed by atoms with Gasteiger partial charge in [0.05, 0.1) is 0 Å². The van der Waals surface area contributed by atoms with E-state index in [1.165, 1.54) is 17.4 Å². The zero-order valence-corrected chi connectivity index (χ0v) is 16.0. The maximum Gasteiger partial charge on any atom is 0.246 e. The van der Waals surface area contributed by atoms with Crippen molar-refractivity contribution in [2.45, 2.75) is 0 Å². The molecule has 7 heteroatoms. The number of hydrogen-bond donors (Lipinski definition) is 0. The lowest BCUT2D eigenvalue weighted by Crippen LogP contribution is -2.48. The van der Waals surface area contributed by atoms with Crippen molar-refractivity contribution < 1.29 is 9.18 Å². The molecule has 4 rings (SSSR count). The fourth-order valence-electron chi connectivity index (χ4n) is 3.09. The van der Waals surface area contributed by atoms with Gasteiger partial charge in [-0.05, 0) is 30.3 Å². The van der Waals surface area contributed by atoms with E-state index in [1.807, 2.05) is 23.1 Å². The summed E-state index contributed by atoms with van der Waals surface area (Å²) in [5, 5.41) is 0. The van der Waals surface area contributed by atoms with Crippen LogP contribution >= 0.6 is 11.3 Å². The van der Waals surface area contributed by atoms with Crippen LogP contribution in [0.15, 0.2) is 60.9 Å². The molecule has 1 aliphatic heterocycles. The molecule has 0 N–H and O–H groups in total. The van der Waals surface area contributed by atoms with Gasteiger partial charge in [0.2, 0.25) is 11.9 Å². The maximum absolute atomic E-state index is 13.9. The number of benzene rings is 1. The molecule has 1 amide bonds. The monoisotopic (exact) mass is 394 g/mol. The third-order valence-electron chi connectivity index (χ3n) is 4.58. The van der Waals surface area contributed by atoms with Crippen LogP contribution in [0.1, 0.15) is 4.88 Å². The highest BCUT2D eigenvalue weighted by Crippen LogP contribution is 2.30. The Morgan fingerprint density at radius 3 is 2.50 bits per heavy atom. The lowest BCUT2D eigenvalue weighted by atomic mass is 10.2. The second-order valence-electron chi connectivity index (χ2n) is 6.38. The molecule has 1 fully saturated rings. The second kappa shape index (κ2) is 8.31. The summed E-state index contributed by atoms with van der Waals surface area (Å²) in [7, 11) is 0. The molecular formula is C21H19FN4OS. The minimum absolute atomic E-state index is 0.0190. The number of thiophene rings is 1. The normalized spacial score (nSPS) is 14.6. The molecule has 0 spiro atoms. The number of aromatic nitrogens is 2. The van der Waals surface area contributed by atoms with Crippen molar-refractivity contribution in [2.75, 3.05) is 31.1 Å². The van der Waals surface area contributed by atoms with E-state index in [2.05, 4.69) is 14.9 Å². The van der Waals surface area contributed by atoms with Gasteiger partial charge in [0.15, 0.2) is 0 Å². The first kappa shape index (κ1) is 18.3. The number of piperazine rings is 1. The van der Waals surface area contributed by atoms with Crippen LogP contribution in [0.2, 0.25) is 0 Å². The van der Waals surface area contributed by atoms with Gasteiger partial charge >= 0.3 is 0 Å². The highest BCUT2D eigenvalue weighted by atomic mass is 32.1. The molecule has 3 heterocycles. The number of carbonyl (C=O) groups is 1. The smallest absolute Gasteiger partial charge is 0.246 e. The molecule has 28 heavy (non-hydrogen) atoms. The molecule has 0 atom stereocenters. The summed E-state index contributed by atoms with van der Waals surface area (Å²) >= 11 is 1.46. The van der Waals surface area contributed by atoms with Crippen LogP contribution in [0.5, 0.6) is 0 Å². The number of amides is 1. The SMILES string of the molecule is O=C(/C=C/c1ccc(-c2ccccc2F)s1)N1CCN(c2ncccn2)CC1. The lowest BCUT2D eigenvalue weighted by molar-refractivity contribution is -0.126. The summed E-state index contributed by atoms with van der Waals surface area (Å²) in [6, 6.07) is 12.3. The molecule has 0 aliphatic carbocycles. The third-order valence-corrected chi connectivity index (χ3v) is 5.67. The Labute approximate surface area is 166 Å². The summed E-state index contributed by atoms with van der Waals surface area (Å²) in [5.74, 6) is 0.440. The predicted octanol–water partition coefficient (Wildman–Crippen LogP) is 3.71. The standard InChI is InChI=1S/C21H19FN4OS/c22-18-5-2-1-4-17(18)19-8-6-16(28-19)7-9-20(27)25-12-14-26(15-13-25)21-23-10-3-11-24-21/h1-11H,12-15H2/b9-7+. The second-order valence-corrected chi connectivity index (χ2v) is 7.49. The van der Waals surface area contributed by atoms with Gasteiger partial charge in [0.25, 0.3) is 0 Å². The summed E-state index contributed by atoms with van der Waals surface area (Å²) in [5.41, 5.74) is 0.581. The van der Waals surface area contributed by atoms with Crippen LogP contribution in [0, 0.1) is 5.82 Å². The molecule has 1 aliphatic rings. The van der Waals surface area contributed by atoms with Gasteiger partial charge in [0, 0.05) is 60.0 Å². The van der Waals surface area contributed by atoms with E-state index in [-0.39, 0.29) is 11.7 Å². The van der Waals surface area contributed by atoms with Crippen LogP contribution < -0.4 is 4.90 Å². The van der Waals surface area contributed by atoms with Gasteiger partial charge < -0.3 is 9.80 Å². The highest BCUT2D eigenvalue weighted by molar-refractivity contribution is 7.16. The van der Waals surface area contributed by atoms with Gasteiger partial charge in [-0.2, -0.15) is 0 Å². The number of nitrogens with zero attached hydrogens (tertiary/aromatic N) is 4. The van der Waals surface area contributed by atoms with Crippen LogP contribution in [-0.4, -0.2) is 47.0 Å².